The number of benzene rings is 4. The van der Waals surface area contributed by atoms with E-state index >= 15 is 0 Å². The molecule has 2 nitrogen and oxygen atoms in total. The van der Waals surface area contributed by atoms with E-state index in [0.717, 1.165) is 48.7 Å². The second-order valence-corrected chi connectivity index (χ2v) is 9.43. The third-order valence-electron chi connectivity index (χ3n) is 6.69. The van der Waals surface area contributed by atoms with E-state index in [9.17, 15) is 0 Å². The Labute approximate surface area is 214 Å². The van der Waals surface area contributed by atoms with Gasteiger partial charge in [-0.15, -0.1) is 0 Å². The zero-order chi connectivity index (χ0) is 24.4. The summed E-state index contributed by atoms with van der Waals surface area (Å²) in [6.45, 7) is 1.52. The van der Waals surface area contributed by atoms with Gasteiger partial charge in [0, 0.05) is 11.1 Å². The summed E-state index contributed by atoms with van der Waals surface area (Å²) in [6.07, 6.45) is 15.7. The van der Waals surface area contributed by atoms with E-state index in [1.807, 2.05) is 12.1 Å². The van der Waals surface area contributed by atoms with Crippen LogP contribution in [0.5, 0.6) is 11.5 Å². The third kappa shape index (κ3) is 6.46. The lowest BCUT2D eigenvalue weighted by atomic mass is 10.0. The van der Waals surface area contributed by atoms with Crippen molar-refractivity contribution in [1.82, 2.24) is 0 Å². The van der Waals surface area contributed by atoms with Crippen molar-refractivity contribution >= 4 is 35.1 Å². The van der Waals surface area contributed by atoms with Gasteiger partial charge in [-0.2, -0.15) is 0 Å². The van der Waals surface area contributed by atoms with Crippen LogP contribution in [0.4, 0.5) is 0 Å². The van der Waals surface area contributed by atoms with Gasteiger partial charge in [-0.05, 0) is 59.0 Å². The molecule has 182 valence electrons. The van der Waals surface area contributed by atoms with Crippen LogP contribution in [0, 0.1) is 0 Å². The van der Waals surface area contributed by atoms with Gasteiger partial charge in [0.15, 0.2) is 0 Å². The molecule has 5 rings (SSSR count). The summed E-state index contributed by atoms with van der Waals surface area (Å²) in [5, 5.41) is 2.47. The van der Waals surface area contributed by atoms with Crippen LogP contribution in [0.25, 0.3) is 35.1 Å². The summed E-state index contributed by atoms with van der Waals surface area (Å²) < 4.78 is 12.3. The number of rotatable bonds is 0. The Bertz CT molecular complexity index is 1250. The summed E-state index contributed by atoms with van der Waals surface area (Å²) >= 11 is 0. The van der Waals surface area contributed by atoms with Crippen LogP contribution in [0.3, 0.4) is 0 Å². The van der Waals surface area contributed by atoms with Crippen molar-refractivity contribution in [2.45, 2.75) is 38.5 Å². The molecular formula is C34H34O2. The van der Waals surface area contributed by atoms with Crippen molar-refractivity contribution in [3.8, 4) is 11.5 Å². The topological polar surface area (TPSA) is 18.5 Å². The molecule has 0 amide bonds. The number of hydrogen-bond acceptors (Lipinski definition) is 2. The van der Waals surface area contributed by atoms with Crippen molar-refractivity contribution in [3.63, 3.8) is 0 Å². The van der Waals surface area contributed by atoms with Crippen LogP contribution < -0.4 is 9.47 Å². The largest absolute Gasteiger partial charge is 0.493 e. The molecule has 1 aliphatic rings. The summed E-state index contributed by atoms with van der Waals surface area (Å²) in [7, 11) is 0. The van der Waals surface area contributed by atoms with Gasteiger partial charge in [0.25, 0.3) is 0 Å². The normalized spacial score (nSPS) is 16.0. The van der Waals surface area contributed by atoms with Crippen molar-refractivity contribution in [2.75, 3.05) is 13.2 Å². The maximum Gasteiger partial charge on any atom is 0.126 e. The fraction of sp³-hybridized carbons (Fsp3) is 0.235. The highest BCUT2D eigenvalue weighted by Gasteiger charge is 2.03. The lowest BCUT2D eigenvalue weighted by Crippen LogP contribution is -2.00. The molecule has 1 heterocycles. The molecule has 0 saturated heterocycles. The van der Waals surface area contributed by atoms with E-state index in [-0.39, 0.29) is 0 Å². The van der Waals surface area contributed by atoms with Crippen molar-refractivity contribution in [2.24, 2.45) is 0 Å². The highest BCUT2D eigenvalue weighted by Crippen LogP contribution is 2.25. The zero-order valence-electron chi connectivity index (χ0n) is 20.9. The maximum absolute atomic E-state index is 6.15. The van der Waals surface area contributed by atoms with E-state index in [1.165, 1.54) is 47.6 Å². The van der Waals surface area contributed by atoms with Gasteiger partial charge in [-0.1, -0.05) is 111 Å². The predicted molar refractivity (Wildman–Crippen MR) is 153 cm³/mol. The highest BCUT2D eigenvalue weighted by molar-refractivity contribution is 5.89. The summed E-state index contributed by atoms with van der Waals surface area (Å²) in [5.41, 5.74) is 4.59. The fourth-order valence-corrected chi connectivity index (χ4v) is 4.64. The molecule has 36 heavy (non-hydrogen) atoms. The average molecular weight is 475 g/mol. The Morgan fingerprint density at radius 3 is 1.42 bits per heavy atom. The summed E-state index contributed by atoms with van der Waals surface area (Å²) in [6, 6.07) is 29.8. The van der Waals surface area contributed by atoms with Crippen LogP contribution in [0.2, 0.25) is 0 Å². The number of ether oxygens (including phenoxy) is 2. The molecule has 2 heteroatoms. The molecule has 4 aromatic carbocycles. The van der Waals surface area contributed by atoms with Crippen LogP contribution in [0.15, 0.2) is 84.9 Å². The first kappa shape index (κ1) is 23.9. The SMILES string of the molecule is C1=Cc2ccccc2OCCCCCCCCOc2ccccc2/C=C/c2ccc3ccc1cc3c2. The van der Waals surface area contributed by atoms with E-state index in [4.69, 9.17) is 9.47 Å². The van der Waals surface area contributed by atoms with Crippen LogP contribution >= 0.6 is 0 Å². The molecule has 0 atom stereocenters. The molecule has 0 N–H and O–H groups in total. The zero-order valence-corrected chi connectivity index (χ0v) is 20.9. The maximum atomic E-state index is 6.15. The molecule has 0 fully saturated rings. The molecule has 0 spiro atoms. The first-order valence-electron chi connectivity index (χ1n) is 13.2. The average Bonchev–Trinajstić information content (AvgIpc) is 2.92. The minimum absolute atomic E-state index is 0.760. The van der Waals surface area contributed by atoms with E-state index in [0.29, 0.717) is 0 Å². The van der Waals surface area contributed by atoms with Gasteiger partial charge >= 0.3 is 0 Å². The van der Waals surface area contributed by atoms with Crippen LogP contribution in [0.1, 0.15) is 60.8 Å². The Morgan fingerprint density at radius 1 is 0.417 bits per heavy atom. The van der Waals surface area contributed by atoms with Gasteiger partial charge in [-0.25, -0.2) is 0 Å². The Balaban J connectivity index is 1.44. The van der Waals surface area contributed by atoms with Crippen molar-refractivity contribution in [1.29, 1.82) is 0 Å². The fourth-order valence-electron chi connectivity index (χ4n) is 4.64. The monoisotopic (exact) mass is 474 g/mol. The first-order valence-corrected chi connectivity index (χ1v) is 13.2. The first-order chi connectivity index (χ1) is 17.8. The second kappa shape index (κ2) is 12.3. The molecule has 0 radical (unpaired) electrons. The molecule has 0 aromatic heterocycles. The highest BCUT2D eigenvalue weighted by atomic mass is 16.5. The Hall–Kier alpha value is -3.78. The third-order valence-corrected chi connectivity index (χ3v) is 6.69. The van der Waals surface area contributed by atoms with Gasteiger partial charge < -0.3 is 9.47 Å². The van der Waals surface area contributed by atoms with Crippen molar-refractivity contribution < 1.29 is 9.47 Å². The Morgan fingerprint density at radius 2 is 0.889 bits per heavy atom. The smallest absolute Gasteiger partial charge is 0.126 e. The van der Waals surface area contributed by atoms with E-state index in [1.54, 1.807) is 0 Å². The van der Waals surface area contributed by atoms with Gasteiger partial charge in [0.1, 0.15) is 11.5 Å². The molecule has 1 aliphatic heterocycles. The van der Waals surface area contributed by atoms with Crippen molar-refractivity contribution in [3.05, 3.63) is 107 Å². The lowest BCUT2D eigenvalue weighted by molar-refractivity contribution is 0.296. The van der Waals surface area contributed by atoms with Crippen LogP contribution in [-0.4, -0.2) is 13.2 Å². The van der Waals surface area contributed by atoms with E-state index in [2.05, 4.69) is 97.1 Å². The minimum atomic E-state index is 0.760. The molecule has 0 saturated carbocycles. The Kier molecular flexibility index (Phi) is 8.15. The summed E-state index contributed by atoms with van der Waals surface area (Å²) in [5.74, 6) is 1.91. The summed E-state index contributed by atoms with van der Waals surface area (Å²) in [4.78, 5) is 0. The molecular weight excluding hydrogens is 440 g/mol. The second-order valence-electron chi connectivity index (χ2n) is 9.43. The standard InChI is InChI=1S/C34H34O2/c1-2-4-10-24-36-34-14-8-6-12-31(34)22-18-28-16-20-29-19-15-27(25-32(29)26-28)17-21-30-11-5-7-13-33(30)35-23-9-3-1/h5-8,11-22,25-26H,1-4,9-10,23-24H2/b21-17+,22-18?. The minimum Gasteiger partial charge on any atom is -0.493 e. The quantitative estimate of drug-likeness (QED) is 0.253. The van der Waals surface area contributed by atoms with Crippen LogP contribution in [-0.2, 0) is 0 Å². The predicted octanol–water partition coefficient (Wildman–Crippen LogP) is 9.29. The van der Waals surface area contributed by atoms with Gasteiger partial charge in [0.2, 0.25) is 0 Å². The molecule has 3 bridgehead atoms. The van der Waals surface area contributed by atoms with Gasteiger partial charge in [-0.3, -0.25) is 0 Å². The lowest BCUT2D eigenvalue weighted by Gasteiger charge is -2.10. The number of hydrogen-bond donors (Lipinski definition) is 0. The number of fused-ring (bicyclic) bond motifs is 4. The molecule has 4 aromatic rings. The number of para-hydroxylation sites is 2. The molecule has 0 aliphatic carbocycles. The molecule has 0 unspecified atom stereocenters. The van der Waals surface area contributed by atoms with E-state index < -0.39 is 0 Å². The van der Waals surface area contributed by atoms with Gasteiger partial charge in [0.05, 0.1) is 13.2 Å².